The molecule has 0 amide bonds. The number of aromatic nitrogens is 1. The third-order valence-corrected chi connectivity index (χ3v) is 5.71. The van der Waals surface area contributed by atoms with E-state index in [2.05, 4.69) is 10.5 Å². The van der Waals surface area contributed by atoms with Gasteiger partial charge >= 0.3 is 0 Å². The monoisotopic (exact) mass is 375 g/mol. The highest BCUT2D eigenvalue weighted by Crippen LogP contribution is 2.45. The van der Waals surface area contributed by atoms with E-state index in [0.29, 0.717) is 10.8 Å². The first-order chi connectivity index (χ1) is 11.9. The van der Waals surface area contributed by atoms with Crippen LogP contribution in [0.4, 0.5) is 0 Å². The molecule has 0 radical (unpaired) electrons. The molecule has 2 aromatic heterocycles. The van der Waals surface area contributed by atoms with Gasteiger partial charge in [-0.25, -0.2) is 0 Å². The normalized spacial score (nSPS) is 11.9. The number of hydrogen-bond donors (Lipinski definition) is 3. The minimum absolute atomic E-state index is 0.00516. The van der Waals surface area contributed by atoms with Gasteiger partial charge in [0.2, 0.25) is 0 Å². The van der Waals surface area contributed by atoms with Crippen LogP contribution in [0.15, 0.2) is 34.8 Å². The van der Waals surface area contributed by atoms with Crippen LogP contribution in [0.25, 0.3) is 22.3 Å². The predicted molar refractivity (Wildman–Crippen MR) is 103 cm³/mol. The minimum Gasteiger partial charge on any atom is -0.508 e. The molecular weight excluding hydrogens is 358 g/mol. The first kappa shape index (κ1) is 17.4. The van der Waals surface area contributed by atoms with Crippen molar-refractivity contribution in [3.63, 3.8) is 0 Å². The largest absolute Gasteiger partial charge is 0.508 e. The maximum Gasteiger partial charge on any atom is 0.187 e. The molecule has 0 saturated carbocycles. The van der Waals surface area contributed by atoms with E-state index in [-0.39, 0.29) is 11.6 Å². The first-order valence-corrected chi connectivity index (χ1v) is 8.83. The lowest BCUT2D eigenvalue weighted by atomic mass is 9.94. The average Bonchev–Trinajstić information content (AvgIpc) is 3.05. The Morgan fingerprint density at radius 3 is 2.32 bits per heavy atom. The molecule has 4 N–H and O–H groups in total. The molecule has 25 heavy (non-hydrogen) atoms. The molecule has 0 bridgehead atoms. The highest BCUT2D eigenvalue weighted by Gasteiger charge is 2.27. The summed E-state index contributed by atoms with van der Waals surface area (Å²) in [5.41, 5.74) is 11.1. The maximum absolute atomic E-state index is 9.59. The SMILES string of the molecule is Cc1csc(C)c1-c1c(-c2ccc(O)cc2)c(Cl)n(C)c1C(N)=NO. The molecule has 1 aromatic carbocycles. The third kappa shape index (κ3) is 2.77. The molecular formula is C18H18ClN3O2S. The van der Waals surface area contributed by atoms with Crippen LogP contribution < -0.4 is 5.73 Å². The summed E-state index contributed by atoms with van der Waals surface area (Å²) < 4.78 is 1.71. The summed E-state index contributed by atoms with van der Waals surface area (Å²) >= 11 is 8.27. The van der Waals surface area contributed by atoms with Gasteiger partial charge in [0, 0.05) is 28.6 Å². The number of amidine groups is 1. The Balaban J connectivity index is 2.45. The van der Waals surface area contributed by atoms with Crippen molar-refractivity contribution in [3.05, 3.63) is 50.9 Å². The summed E-state index contributed by atoms with van der Waals surface area (Å²) in [6.45, 7) is 4.06. The Morgan fingerprint density at radius 2 is 1.80 bits per heavy atom. The number of aryl methyl sites for hydroxylation is 2. The van der Waals surface area contributed by atoms with Crippen LogP contribution in [0.3, 0.4) is 0 Å². The van der Waals surface area contributed by atoms with Crippen LogP contribution in [-0.4, -0.2) is 20.7 Å². The van der Waals surface area contributed by atoms with Gasteiger partial charge in [0.1, 0.15) is 10.9 Å². The van der Waals surface area contributed by atoms with E-state index in [9.17, 15) is 10.3 Å². The number of phenols is 1. The summed E-state index contributed by atoms with van der Waals surface area (Å²) in [6, 6.07) is 6.82. The average molecular weight is 376 g/mol. The van der Waals surface area contributed by atoms with E-state index in [1.807, 2.05) is 13.8 Å². The van der Waals surface area contributed by atoms with Gasteiger partial charge in [-0.05, 0) is 42.5 Å². The van der Waals surface area contributed by atoms with E-state index in [0.717, 1.165) is 32.7 Å². The molecule has 0 aliphatic heterocycles. The molecule has 0 saturated heterocycles. The molecule has 7 heteroatoms. The van der Waals surface area contributed by atoms with Crippen molar-refractivity contribution in [2.45, 2.75) is 13.8 Å². The Bertz CT molecular complexity index is 952. The van der Waals surface area contributed by atoms with Crippen molar-refractivity contribution in [1.82, 2.24) is 4.57 Å². The fourth-order valence-corrected chi connectivity index (χ4v) is 4.22. The number of benzene rings is 1. The number of hydrogen-bond acceptors (Lipinski definition) is 4. The van der Waals surface area contributed by atoms with Gasteiger partial charge in [0.25, 0.3) is 0 Å². The topological polar surface area (TPSA) is 83.8 Å². The molecule has 5 nitrogen and oxygen atoms in total. The lowest BCUT2D eigenvalue weighted by Gasteiger charge is -2.10. The fourth-order valence-electron chi connectivity index (χ4n) is 3.08. The number of aromatic hydroxyl groups is 1. The van der Waals surface area contributed by atoms with E-state index >= 15 is 0 Å². The summed E-state index contributed by atoms with van der Waals surface area (Å²) in [5, 5.41) is 24.6. The molecule has 0 atom stereocenters. The molecule has 3 rings (SSSR count). The summed E-state index contributed by atoms with van der Waals surface area (Å²) in [4.78, 5) is 1.12. The van der Waals surface area contributed by atoms with Crippen LogP contribution in [0.5, 0.6) is 5.75 Å². The Morgan fingerprint density at radius 1 is 1.16 bits per heavy atom. The molecule has 130 valence electrons. The van der Waals surface area contributed by atoms with Gasteiger partial charge < -0.3 is 20.6 Å². The zero-order valence-corrected chi connectivity index (χ0v) is 15.6. The van der Waals surface area contributed by atoms with Gasteiger partial charge in [-0.3, -0.25) is 0 Å². The number of thiophene rings is 1. The number of rotatable bonds is 3. The summed E-state index contributed by atoms with van der Waals surface area (Å²) in [7, 11) is 1.78. The Labute approximate surface area is 154 Å². The number of nitrogens with two attached hydrogens (primary N) is 1. The van der Waals surface area contributed by atoms with Crippen LogP contribution in [0.1, 0.15) is 16.1 Å². The Kier molecular flexibility index (Phi) is 4.49. The van der Waals surface area contributed by atoms with Crippen molar-refractivity contribution in [1.29, 1.82) is 0 Å². The molecule has 0 unspecified atom stereocenters. The van der Waals surface area contributed by atoms with Crippen molar-refractivity contribution >= 4 is 28.8 Å². The second-order valence-electron chi connectivity index (χ2n) is 5.83. The molecule has 0 spiro atoms. The lowest BCUT2D eigenvalue weighted by Crippen LogP contribution is -2.18. The van der Waals surface area contributed by atoms with Gasteiger partial charge in [-0.1, -0.05) is 28.9 Å². The van der Waals surface area contributed by atoms with Gasteiger partial charge in [-0.15, -0.1) is 11.3 Å². The van der Waals surface area contributed by atoms with Gasteiger partial charge in [0.15, 0.2) is 5.84 Å². The van der Waals surface area contributed by atoms with E-state index in [4.69, 9.17) is 17.3 Å². The highest BCUT2D eigenvalue weighted by molar-refractivity contribution is 7.10. The Hall–Kier alpha value is -2.44. The van der Waals surface area contributed by atoms with Gasteiger partial charge in [-0.2, -0.15) is 0 Å². The lowest BCUT2D eigenvalue weighted by molar-refractivity contribution is 0.318. The highest BCUT2D eigenvalue weighted by atomic mass is 35.5. The van der Waals surface area contributed by atoms with Crippen molar-refractivity contribution in [2.24, 2.45) is 17.9 Å². The summed E-state index contributed by atoms with van der Waals surface area (Å²) in [6.07, 6.45) is 0. The van der Waals surface area contributed by atoms with Crippen molar-refractivity contribution in [2.75, 3.05) is 0 Å². The zero-order chi connectivity index (χ0) is 18.3. The number of phenolic OH excluding ortho intramolecular Hbond substituents is 1. The molecule has 2 heterocycles. The minimum atomic E-state index is -0.00516. The quantitative estimate of drug-likeness (QED) is 0.273. The van der Waals surface area contributed by atoms with E-state index in [1.54, 1.807) is 47.2 Å². The maximum atomic E-state index is 9.59. The van der Waals surface area contributed by atoms with E-state index < -0.39 is 0 Å². The standard InChI is InChI=1S/C18H18ClN3O2S/c1-9-8-25-10(2)13(9)15-14(11-4-6-12(23)7-5-11)17(19)22(3)16(15)18(20)21-24/h4-8,23-24H,1-3H3,(H2,20,21). The van der Waals surface area contributed by atoms with Crippen molar-refractivity contribution < 1.29 is 10.3 Å². The third-order valence-electron chi connectivity index (χ3n) is 4.24. The molecule has 3 aromatic rings. The number of oxime groups is 1. The first-order valence-electron chi connectivity index (χ1n) is 7.57. The molecule has 0 aliphatic carbocycles. The van der Waals surface area contributed by atoms with Crippen LogP contribution in [0.2, 0.25) is 5.15 Å². The second kappa shape index (κ2) is 6.46. The van der Waals surface area contributed by atoms with Gasteiger partial charge in [0.05, 0.1) is 5.69 Å². The smallest absolute Gasteiger partial charge is 0.187 e. The fraction of sp³-hybridized carbons (Fsp3) is 0.167. The zero-order valence-electron chi connectivity index (χ0n) is 14.0. The van der Waals surface area contributed by atoms with Crippen LogP contribution in [-0.2, 0) is 7.05 Å². The van der Waals surface area contributed by atoms with E-state index in [1.165, 1.54) is 0 Å². The second-order valence-corrected chi connectivity index (χ2v) is 7.27. The van der Waals surface area contributed by atoms with Crippen LogP contribution >= 0.6 is 22.9 Å². The predicted octanol–water partition coefficient (Wildman–Crippen LogP) is 4.49. The van der Waals surface area contributed by atoms with Crippen molar-refractivity contribution in [3.8, 4) is 28.0 Å². The number of nitrogens with zero attached hydrogens (tertiary/aromatic N) is 2. The molecule has 0 aliphatic rings. The molecule has 0 fully saturated rings. The number of halogens is 1. The summed E-state index contributed by atoms with van der Waals surface area (Å²) in [5.74, 6) is 0.173. The van der Waals surface area contributed by atoms with Crippen LogP contribution in [0, 0.1) is 13.8 Å².